The van der Waals surface area contributed by atoms with Crippen LogP contribution in [0.4, 0.5) is 0 Å². The molecule has 4 heterocycles. The highest BCUT2D eigenvalue weighted by Gasteiger charge is 2.24. The number of aromatic nitrogens is 4. The lowest BCUT2D eigenvalue weighted by Crippen LogP contribution is -2.18. The molecule has 1 unspecified atom stereocenters. The van der Waals surface area contributed by atoms with Gasteiger partial charge in [0.1, 0.15) is 0 Å². The molecule has 2 aliphatic rings. The quantitative estimate of drug-likeness (QED) is 0.721. The Hall–Kier alpha value is -2.83. The van der Waals surface area contributed by atoms with Crippen LogP contribution in [0.3, 0.4) is 0 Å². The van der Waals surface area contributed by atoms with E-state index in [-0.39, 0.29) is 6.79 Å². The first kappa shape index (κ1) is 13.6. The molecule has 24 heavy (non-hydrogen) atoms. The second kappa shape index (κ2) is 5.09. The number of nitrogens with zero attached hydrogens (tertiary/aromatic N) is 4. The first-order chi connectivity index (χ1) is 11.8. The van der Waals surface area contributed by atoms with Gasteiger partial charge in [-0.1, -0.05) is 12.1 Å². The maximum Gasteiger partial charge on any atom is 0.261 e. The second-order valence-electron chi connectivity index (χ2n) is 6.32. The lowest BCUT2D eigenvalue weighted by molar-refractivity contribution is 0.174. The molecule has 0 fully saturated rings. The van der Waals surface area contributed by atoms with E-state index >= 15 is 0 Å². The molecular formula is C17H16N4O3. The lowest BCUT2D eigenvalue weighted by Gasteiger charge is -2.19. The van der Waals surface area contributed by atoms with E-state index in [4.69, 9.17) is 14.0 Å². The van der Waals surface area contributed by atoms with Gasteiger partial charge >= 0.3 is 0 Å². The minimum absolute atomic E-state index is 0.247. The summed E-state index contributed by atoms with van der Waals surface area (Å²) in [7, 11) is 0. The predicted octanol–water partition coefficient (Wildman–Crippen LogP) is 2.91. The summed E-state index contributed by atoms with van der Waals surface area (Å²) in [5.74, 6) is 3.13. The van der Waals surface area contributed by atoms with Crippen LogP contribution in [0.5, 0.6) is 11.5 Å². The predicted molar refractivity (Wildman–Crippen MR) is 84.6 cm³/mol. The van der Waals surface area contributed by atoms with Gasteiger partial charge in [0.15, 0.2) is 11.5 Å². The average Bonchev–Trinajstić information content (AvgIpc) is 3.32. The van der Waals surface area contributed by atoms with Gasteiger partial charge in [-0.25, -0.2) is 0 Å². The summed E-state index contributed by atoms with van der Waals surface area (Å²) in [6, 6.07) is 5.63. The molecule has 0 saturated carbocycles. The molecule has 2 aromatic heterocycles. The molecular weight excluding hydrogens is 308 g/mol. The van der Waals surface area contributed by atoms with Crippen molar-refractivity contribution in [3.8, 4) is 34.3 Å². The number of hydrogen-bond acceptors (Lipinski definition) is 6. The standard InChI is InChI=1S/C17H16N4O3/c1-10-4-5-21-13(6-10)12(8-18-21)17-19-16(20-24-17)11-2-3-14-15(7-11)23-9-22-14/h2-3,7-8,10H,4-6,9H2,1H3. The van der Waals surface area contributed by atoms with E-state index in [9.17, 15) is 0 Å². The summed E-state index contributed by atoms with van der Waals surface area (Å²) in [6.07, 6.45) is 3.96. The van der Waals surface area contributed by atoms with E-state index < -0.39 is 0 Å². The van der Waals surface area contributed by atoms with E-state index in [1.54, 1.807) is 0 Å². The van der Waals surface area contributed by atoms with E-state index in [2.05, 4.69) is 22.2 Å². The van der Waals surface area contributed by atoms with E-state index in [1.165, 1.54) is 5.69 Å². The number of aryl methyl sites for hydroxylation is 1. The van der Waals surface area contributed by atoms with Crippen LogP contribution >= 0.6 is 0 Å². The minimum atomic E-state index is 0.247. The van der Waals surface area contributed by atoms with Crippen LogP contribution in [0.15, 0.2) is 28.9 Å². The Balaban J connectivity index is 1.51. The van der Waals surface area contributed by atoms with Gasteiger partial charge in [-0.15, -0.1) is 0 Å². The number of rotatable bonds is 2. The fourth-order valence-corrected chi connectivity index (χ4v) is 3.26. The van der Waals surface area contributed by atoms with Gasteiger partial charge in [0.05, 0.1) is 17.5 Å². The molecule has 5 rings (SSSR count). The summed E-state index contributed by atoms with van der Waals surface area (Å²) in [5, 5.41) is 8.57. The van der Waals surface area contributed by atoms with Crippen molar-refractivity contribution in [1.29, 1.82) is 0 Å². The second-order valence-corrected chi connectivity index (χ2v) is 6.32. The van der Waals surface area contributed by atoms with Crippen LogP contribution in [0, 0.1) is 5.92 Å². The maximum absolute atomic E-state index is 5.50. The van der Waals surface area contributed by atoms with Crippen molar-refractivity contribution in [3.05, 3.63) is 30.1 Å². The summed E-state index contributed by atoms with van der Waals surface area (Å²) in [4.78, 5) is 4.55. The van der Waals surface area contributed by atoms with E-state index in [0.29, 0.717) is 23.4 Å². The zero-order chi connectivity index (χ0) is 16.1. The summed E-state index contributed by atoms with van der Waals surface area (Å²) in [5.41, 5.74) is 2.94. The van der Waals surface area contributed by atoms with Crippen LogP contribution in [0.1, 0.15) is 19.0 Å². The fraction of sp³-hybridized carbons (Fsp3) is 0.353. The van der Waals surface area contributed by atoms with Gasteiger partial charge in [0.25, 0.3) is 5.89 Å². The molecule has 0 bridgehead atoms. The molecule has 1 atom stereocenters. The Kier molecular flexibility index (Phi) is 2.88. The molecule has 0 radical (unpaired) electrons. The molecule has 0 aliphatic carbocycles. The van der Waals surface area contributed by atoms with Gasteiger partial charge in [-0.2, -0.15) is 10.1 Å². The highest BCUT2D eigenvalue weighted by Crippen LogP contribution is 2.36. The van der Waals surface area contributed by atoms with Crippen molar-refractivity contribution in [2.24, 2.45) is 5.92 Å². The Morgan fingerprint density at radius 1 is 1.21 bits per heavy atom. The largest absolute Gasteiger partial charge is 0.454 e. The molecule has 7 nitrogen and oxygen atoms in total. The Bertz CT molecular complexity index is 914. The molecule has 3 aromatic rings. The molecule has 0 amide bonds. The maximum atomic E-state index is 5.50. The van der Waals surface area contributed by atoms with Crippen molar-refractivity contribution in [2.75, 3.05) is 6.79 Å². The number of fused-ring (bicyclic) bond motifs is 2. The number of hydrogen-bond donors (Lipinski definition) is 0. The van der Waals surface area contributed by atoms with Crippen LogP contribution in [-0.4, -0.2) is 26.7 Å². The summed E-state index contributed by atoms with van der Waals surface area (Å²) < 4.78 is 18.3. The smallest absolute Gasteiger partial charge is 0.261 e. The molecule has 0 N–H and O–H groups in total. The van der Waals surface area contributed by atoms with Crippen LogP contribution in [0.25, 0.3) is 22.8 Å². The van der Waals surface area contributed by atoms with Crippen LogP contribution in [0.2, 0.25) is 0 Å². The topological polar surface area (TPSA) is 75.2 Å². The third-order valence-electron chi connectivity index (χ3n) is 4.61. The average molecular weight is 324 g/mol. The van der Waals surface area contributed by atoms with Crippen molar-refractivity contribution >= 4 is 0 Å². The third kappa shape index (κ3) is 2.08. The molecule has 122 valence electrons. The molecule has 0 saturated heterocycles. The highest BCUT2D eigenvalue weighted by molar-refractivity contribution is 5.64. The van der Waals surface area contributed by atoms with E-state index in [1.807, 2.05) is 29.1 Å². The first-order valence-corrected chi connectivity index (χ1v) is 8.07. The summed E-state index contributed by atoms with van der Waals surface area (Å²) >= 11 is 0. The van der Waals surface area contributed by atoms with Gasteiger partial charge < -0.3 is 14.0 Å². The molecule has 1 aromatic carbocycles. The van der Waals surface area contributed by atoms with Crippen molar-refractivity contribution < 1.29 is 14.0 Å². The first-order valence-electron chi connectivity index (χ1n) is 8.07. The van der Waals surface area contributed by atoms with Crippen molar-refractivity contribution in [3.63, 3.8) is 0 Å². The summed E-state index contributed by atoms with van der Waals surface area (Å²) in [6.45, 7) is 3.45. The van der Waals surface area contributed by atoms with Gasteiger partial charge in [0, 0.05) is 12.1 Å². The third-order valence-corrected chi connectivity index (χ3v) is 4.61. The van der Waals surface area contributed by atoms with Gasteiger partial charge in [-0.3, -0.25) is 4.68 Å². The van der Waals surface area contributed by atoms with Gasteiger partial charge in [0.2, 0.25) is 12.6 Å². The van der Waals surface area contributed by atoms with Crippen LogP contribution < -0.4 is 9.47 Å². The Labute approximate surface area is 138 Å². The number of benzene rings is 1. The minimum Gasteiger partial charge on any atom is -0.454 e. The molecule has 7 heteroatoms. The normalized spacial score (nSPS) is 18.6. The fourth-order valence-electron chi connectivity index (χ4n) is 3.26. The lowest BCUT2D eigenvalue weighted by atomic mass is 9.96. The van der Waals surface area contributed by atoms with E-state index in [0.717, 1.165) is 36.3 Å². The van der Waals surface area contributed by atoms with Crippen molar-refractivity contribution in [1.82, 2.24) is 19.9 Å². The Morgan fingerprint density at radius 3 is 3.08 bits per heavy atom. The highest BCUT2D eigenvalue weighted by atomic mass is 16.7. The zero-order valence-electron chi connectivity index (χ0n) is 13.2. The Morgan fingerprint density at radius 2 is 2.12 bits per heavy atom. The monoisotopic (exact) mass is 324 g/mol. The number of ether oxygens (including phenoxy) is 2. The molecule has 2 aliphatic heterocycles. The van der Waals surface area contributed by atoms with Crippen molar-refractivity contribution in [2.45, 2.75) is 26.3 Å². The SMILES string of the molecule is CC1CCn2ncc(-c3nc(-c4ccc5c(c4)OCO5)no3)c2C1. The zero-order valence-corrected chi connectivity index (χ0v) is 13.2. The van der Waals surface area contributed by atoms with Gasteiger partial charge in [-0.05, 0) is 37.0 Å². The van der Waals surface area contributed by atoms with Crippen LogP contribution in [-0.2, 0) is 13.0 Å². The molecule has 0 spiro atoms.